The average Bonchev–Trinajstić information content (AvgIpc) is 2.82. The standard InChI is InChI=1S/C16H20N8/c1-12-6-7-17-16(18-12)23-9-3-8-22(10-11-23)15-5-4-14-20-19-13(2)24(14)21-15/h4-7H,3,8-11H2,1-2H3. The molecule has 0 radical (unpaired) electrons. The van der Waals surface area contributed by atoms with Crippen molar-refractivity contribution in [3.8, 4) is 0 Å². The molecule has 0 unspecified atom stereocenters. The van der Waals surface area contributed by atoms with Gasteiger partial charge in [-0.2, -0.15) is 4.52 Å². The van der Waals surface area contributed by atoms with Gasteiger partial charge in [0, 0.05) is 38.1 Å². The van der Waals surface area contributed by atoms with E-state index in [1.807, 2.05) is 38.2 Å². The van der Waals surface area contributed by atoms with Gasteiger partial charge in [0.15, 0.2) is 11.5 Å². The summed E-state index contributed by atoms with van der Waals surface area (Å²) in [7, 11) is 0. The van der Waals surface area contributed by atoms with Gasteiger partial charge in [-0.1, -0.05) is 0 Å². The first-order valence-corrected chi connectivity index (χ1v) is 8.19. The van der Waals surface area contributed by atoms with E-state index in [1.165, 1.54) is 0 Å². The molecule has 4 rings (SSSR count). The van der Waals surface area contributed by atoms with Crippen molar-refractivity contribution in [2.75, 3.05) is 36.0 Å². The summed E-state index contributed by atoms with van der Waals surface area (Å²) in [4.78, 5) is 13.5. The van der Waals surface area contributed by atoms with E-state index in [0.717, 1.165) is 61.5 Å². The molecule has 8 heteroatoms. The molecule has 24 heavy (non-hydrogen) atoms. The van der Waals surface area contributed by atoms with Gasteiger partial charge in [-0.05, 0) is 38.5 Å². The van der Waals surface area contributed by atoms with E-state index in [9.17, 15) is 0 Å². The Bertz CT molecular complexity index is 858. The normalized spacial score (nSPS) is 15.8. The molecule has 3 aromatic rings. The molecule has 0 saturated carbocycles. The van der Waals surface area contributed by atoms with Gasteiger partial charge in [-0.3, -0.25) is 0 Å². The molecule has 0 N–H and O–H groups in total. The lowest BCUT2D eigenvalue weighted by atomic mass is 10.3. The Balaban J connectivity index is 1.54. The van der Waals surface area contributed by atoms with Crippen LogP contribution in [0, 0.1) is 13.8 Å². The second-order valence-corrected chi connectivity index (χ2v) is 6.03. The molecule has 0 aromatic carbocycles. The highest BCUT2D eigenvalue weighted by Crippen LogP contribution is 2.17. The van der Waals surface area contributed by atoms with Crippen LogP contribution in [0.3, 0.4) is 0 Å². The van der Waals surface area contributed by atoms with E-state index in [2.05, 4.69) is 35.1 Å². The van der Waals surface area contributed by atoms with Crippen molar-refractivity contribution in [1.29, 1.82) is 0 Å². The molecule has 3 aromatic heterocycles. The molecule has 1 aliphatic rings. The van der Waals surface area contributed by atoms with Crippen LogP contribution in [-0.4, -0.2) is 56.0 Å². The van der Waals surface area contributed by atoms with Gasteiger partial charge in [0.2, 0.25) is 5.95 Å². The smallest absolute Gasteiger partial charge is 0.225 e. The van der Waals surface area contributed by atoms with Crippen molar-refractivity contribution in [1.82, 2.24) is 29.8 Å². The second kappa shape index (κ2) is 6.03. The molecular weight excluding hydrogens is 304 g/mol. The molecule has 8 nitrogen and oxygen atoms in total. The minimum Gasteiger partial charge on any atom is -0.353 e. The Morgan fingerprint density at radius 1 is 0.917 bits per heavy atom. The Morgan fingerprint density at radius 2 is 1.75 bits per heavy atom. The number of rotatable bonds is 2. The third-order valence-corrected chi connectivity index (χ3v) is 4.29. The average molecular weight is 324 g/mol. The van der Waals surface area contributed by atoms with E-state index in [0.29, 0.717) is 0 Å². The first kappa shape index (κ1) is 14.8. The van der Waals surface area contributed by atoms with Crippen LogP contribution in [-0.2, 0) is 0 Å². The summed E-state index contributed by atoms with van der Waals surface area (Å²) in [6, 6.07) is 5.91. The van der Waals surface area contributed by atoms with Crippen LogP contribution >= 0.6 is 0 Å². The number of fused-ring (bicyclic) bond motifs is 1. The first-order valence-electron chi connectivity index (χ1n) is 8.19. The van der Waals surface area contributed by atoms with Gasteiger partial charge in [0.05, 0.1) is 0 Å². The molecule has 0 bridgehead atoms. The summed E-state index contributed by atoms with van der Waals surface area (Å²) in [5.41, 5.74) is 1.78. The van der Waals surface area contributed by atoms with Crippen molar-refractivity contribution in [3.05, 3.63) is 35.9 Å². The molecule has 1 saturated heterocycles. The predicted octanol–water partition coefficient (Wildman–Crippen LogP) is 1.25. The highest BCUT2D eigenvalue weighted by atomic mass is 15.4. The summed E-state index contributed by atoms with van der Waals surface area (Å²) in [6.45, 7) is 7.59. The number of hydrogen-bond acceptors (Lipinski definition) is 7. The van der Waals surface area contributed by atoms with Gasteiger partial charge < -0.3 is 9.80 Å². The molecule has 0 aliphatic carbocycles. The van der Waals surface area contributed by atoms with Crippen molar-refractivity contribution >= 4 is 17.4 Å². The Morgan fingerprint density at radius 3 is 2.62 bits per heavy atom. The molecule has 1 aliphatic heterocycles. The monoisotopic (exact) mass is 324 g/mol. The Hall–Kier alpha value is -2.77. The van der Waals surface area contributed by atoms with Crippen LogP contribution in [0.15, 0.2) is 24.4 Å². The van der Waals surface area contributed by atoms with E-state index in [4.69, 9.17) is 0 Å². The van der Waals surface area contributed by atoms with Gasteiger partial charge in [-0.25, -0.2) is 9.97 Å². The summed E-state index contributed by atoms with van der Waals surface area (Å²) in [5, 5.41) is 12.8. The zero-order valence-electron chi connectivity index (χ0n) is 13.9. The van der Waals surface area contributed by atoms with Gasteiger partial charge in [0.25, 0.3) is 0 Å². The van der Waals surface area contributed by atoms with E-state index < -0.39 is 0 Å². The minimum absolute atomic E-state index is 0.779. The van der Waals surface area contributed by atoms with E-state index in [-0.39, 0.29) is 0 Å². The van der Waals surface area contributed by atoms with Crippen LogP contribution in [0.5, 0.6) is 0 Å². The molecule has 124 valence electrons. The van der Waals surface area contributed by atoms with Gasteiger partial charge >= 0.3 is 0 Å². The van der Waals surface area contributed by atoms with Gasteiger partial charge in [-0.15, -0.1) is 15.3 Å². The van der Waals surface area contributed by atoms with Crippen LogP contribution < -0.4 is 9.80 Å². The van der Waals surface area contributed by atoms with Crippen molar-refractivity contribution in [3.63, 3.8) is 0 Å². The number of nitrogens with zero attached hydrogens (tertiary/aromatic N) is 8. The number of hydrogen-bond donors (Lipinski definition) is 0. The highest BCUT2D eigenvalue weighted by molar-refractivity contribution is 5.46. The van der Waals surface area contributed by atoms with Crippen LogP contribution in [0.25, 0.3) is 5.65 Å². The fourth-order valence-corrected chi connectivity index (χ4v) is 2.99. The second-order valence-electron chi connectivity index (χ2n) is 6.03. The fourth-order valence-electron chi connectivity index (χ4n) is 2.99. The molecule has 0 amide bonds. The predicted molar refractivity (Wildman–Crippen MR) is 91.3 cm³/mol. The minimum atomic E-state index is 0.779. The third-order valence-electron chi connectivity index (χ3n) is 4.29. The maximum Gasteiger partial charge on any atom is 0.225 e. The Labute approximate surface area is 140 Å². The summed E-state index contributed by atoms with van der Waals surface area (Å²) >= 11 is 0. The summed E-state index contributed by atoms with van der Waals surface area (Å²) < 4.78 is 1.79. The summed E-state index contributed by atoms with van der Waals surface area (Å²) in [5.74, 6) is 2.57. The SMILES string of the molecule is Cc1ccnc(N2CCCN(c3ccc4nnc(C)n4n3)CC2)n1. The van der Waals surface area contributed by atoms with E-state index in [1.54, 1.807) is 4.52 Å². The number of anilines is 2. The quantitative estimate of drug-likeness (QED) is 0.702. The van der Waals surface area contributed by atoms with Crippen molar-refractivity contribution < 1.29 is 0 Å². The van der Waals surface area contributed by atoms with E-state index >= 15 is 0 Å². The zero-order valence-corrected chi connectivity index (χ0v) is 13.9. The van der Waals surface area contributed by atoms with Crippen LogP contribution in [0.1, 0.15) is 17.9 Å². The number of aryl methyl sites for hydroxylation is 2. The first-order chi connectivity index (χ1) is 11.7. The lowest BCUT2D eigenvalue weighted by Crippen LogP contribution is -2.32. The maximum atomic E-state index is 4.68. The lowest BCUT2D eigenvalue weighted by Gasteiger charge is -2.22. The Kier molecular flexibility index (Phi) is 3.72. The molecule has 1 fully saturated rings. The van der Waals surface area contributed by atoms with Crippen molar-refractivity contribution in [2.45, 2.75) is 20.3 Å². The van der Waals surface area contributed by atoms with Crippen molar-refractivity contribution in [2.24, 2.45) is 0 Å². The number of aromatic nitrogens is 6. The topological polar surface area (TPSA) is 75.3 Å². The zero-order chi connectivity index (χ0) is 16.5. The largest absolute Gasteiger partial charge is 0.353 e. The van der Waals surface area contributed by atoms with Gasteiger partial charge in [0.1, 0.15) is 5.82 Å². The van der Waals surface area contributed by atoms with Crippen LogP contribution in [0.4, 0.5) is 11.8 Å². The maximum absolute atomic E-state index is 4.68. The summed E-state index contributed by atoms with van der Waals surface area (Å²) in [6.07, 6.45) is 2.86. The molecule has 0 atom stereocenters. The molecule has 0 spiro atoms. The van der Waals surface area contributed by atoms with Crippen LogP contribution in [0.2, 0.25) is 0 Å². The molecule has 4 heterocycles. The molecular formula is C16H20N8. The fraction of sp³-hybridized carbons (Fsp3) is 0.438. The lowest BCUT2D eigenvalue weighted by molar-refractivity contribution is 0.768. The highest BCUT2D eigenvalue weighted by Gasteiger charge is 2.18. The third kappa shape index (κ3) is 2.75.